The van der Waals surface area contributed by atoms with Crippen LogP contribution < -0.4 is 5.32 Å². The van der Waals surface area contributed by atoms with Gasteiger partial charge in [-0.15, -0.1) is 0 Å². The predicted molar refractivity (Wildman–Crippen MR) is 68.4 cm³/mol. The lowest BCUT2D eigenvalue weighted by Gasteiger charge is -2.05. The van der Waals surface area contributed by atoms with Gasteiger partial charge in [-0.3, -0.25) is 9.59 Å². The first kappa shape index (κ1) is 12.6. The molecule has 0 bridgehead atoms. The highest BCUT2D eigenvalue weighted by atomic mass is 16.4. The van der Waals surface area contributed by atoms with Crippen molar-refractivity contribution in [3.63, 3.8) is 0 Å². The van der Waals surface area contributed by atoms with Crippen molar-refractivity contribution in [2.24, 2.45) is 5.92 Å². The van der Waals surface area contributed by atoms with Crippen molar-refractivity contribution in [1.82, 2.24) is 0 Å². The topological polar surface area (TPSA) is 66.4 Å². The zero-order valence-corrected chi connectivity index (χ0v) is 10.2. The first-order chi connectivity index (χ1) is 8.63. The summed E-state index contributed by atoms with van der Waals surface area (Å²) in [6, 6.07) is 7.36. The fraction of sp³-hybridized carbons (Fsp3) is 0.429. The number of amides is 1. The van der Waals surface area contributed by atoms with Gasteiger partial charge in [0.1, 0.15) is 0 Å². The Balaban J connectivity index is 1.82. The number of hydrogen-bond donors (Lipinski definition) is 2. The highest BCUT2D eigenvalue weighted by molar-refractivity contribution is 5.91. The summed E-state index contributed by atoms with van der Waals surface area (Å²) in [7, 11) is 0. The van der Waals surface area contributed by atoms with Gasteiger partial charge in [0, 0.05) is 18.5 Å². The standard InChI is InChI=1S/C14H17NO3/c16-13(9-11-1-2-11)15-12-6-3-10(4-7-12)5-8-14(17)18/h3-4,6-7,11H,1-2,5,8-9H2,(H,15,16)(H,17,18). The second kappa shape index (κ2) is 5.67. The van der Waals surface area contributed by atoms with E-state index in [-0.39, 0.29) is 12.3 Å². The second-order valence-electron chi connectivity index (χ2n) is 4.79. The van der Waals surface area contributed by atoms with E-state index < -0.39 is 5.97 Å². The van der Waals surface area contributed by atoms with Crippen LogP contribution in [-0.4, -0.2) is 17.0 Å². The minimum atomic E-state index is -0.795. The maximum Gasteiger partial charge on any atom is 0.303 e. The molecule has 1 aliphatic carbocycles. The molecule has 0 unspecified atom stereocenters. The predicted octanol–water partition coefficient (Wildman–Crippen LogP) is 2.44. The van der Waals surface area contributed by atoms with E-state index in [1.165, 1.54) is 12.8 Å². The zero-order chi connectivity index (χ0) is 13.0. The quantitative estimate of drug-likeness (QED) is 0.811. The lowest BCUT2D eigenvalue weighted by Crippen LogP contribution is -2.11. The average molecular weight is 247 g/mol. The van der Waals surface area contributed by atoms with Gasteiger partial charge in [0.2, 0.25) is 5.91 Å². The Labute approximate surface area is 106 Å². The Bertz CT molecular complexity index is 435. The maximum atomic E-state index is 11.6. The van der Waals surface area contributed by atoms with E-state index in [4.69, 9.17) is 5.11 Å². The number of aryl methyl sites for hydroxylation is 1. The van der Waals surface area contributed by atoms with Gasteiger partial charge in [-0.05, 0) is 42.9 Å². The lowest BCUT2D eigenvalue weighted by molar-refractivity contribution is -0.137. The van der Waals surface area contributed by atoms with Crippen LogP contribution in [0, 0.1) is 5.92 Å². The van der Waals surface area contributed by atoms with Gasteiger partial charge in [-0.2, -0.15) is 0 Å². The van der Waals surface area contributed by atoms with Crippen molar-refractivity contribution >= 4 is 17.6 Å². The molecule has 1 amide bonds. The summed E-state index contributed by atoms with van der Waals surface area (Å²) in [6.07, 6.45) is 3.60. The maximum absolute atomic E-state index is 11.6. The molecule has 2 N–H and O–H groups in total. The first-order valence-corrected chi connectivity index (χ1v) is 6.24. The number of rotatable bonds is 6. The number of carbonyl (C=O) groups is 2. The summed E-state index contributed by atoms with van der Waals surface area (Å²) in [5.74, 6) is -0.146. The van der Waals surface area contributed by atoms with Crippen LogP contribution >= 0.6 is 0 Å². The largest absolute Gasteiger partial charge is 0.481 e. The van der Waals surface area contributed by atoms with E-state index in [0.717, 1.165) is 11.3 Å². The van der Waals surface area contributed by atoms with Crippen molar-refractivity contribution in [2.75, 3.05) is 5.32 Å². The third-order valence-corrected chi connectivity index (χ3v) is 3.04. The molecule has 0 aromatic heterocycles. The van der Waals surface area contributed by atoms with Gasteiger partial charge < -0.3 is 10.4 Å². The van der Waals surface area contributed by atoms with Crippen molar-refractivity contribution < 1.29 is 14.7 Å². The molecular formula is C14H17NO3. The third kappa shape index (κ3) is 4.20. The Morgan fingerprint density at radius 1 is 1.22 bits per heavy atom. The number of hydrogen-bond acceptors (Lipinski definition) is 2. The van der Waals surface area contributed by atoms with Crippen LogP contribution in [0.15, 0.2) is 24.3 Å². The molecule has 18 heavy (non-hydrogen) atoms. The third-order valence-electron chi connectivity index (χ3n) is 3.04. The molecule has 0 spiro atoms. The zero-order valence-electron chi connectivity index (χ0n) is 10.2. The number of anilines is 1. The molecular weight excluding hydrogens is 230 g/mol. The van der Waals surface area contributed by atoms with Crippen LogP contribution in [0.1, 0.15) is 31.2 Å². The number of aliphatic carboxylic acids is 1. The van der Waals surface area contributed by atoms with Gasteiger partial charge in [0.05, 0.1) is 0 Å². The summed E-state index contributed by atoms with van der Waals surface area (Å²) in [5, 5.41) is 11.4. The number of carbonyl (C=O) groups excluding carboxylic acids is 1. The van der Waals surface area contributed by atoms with Gasteiger partial charge >= 0.3 is 5.97 Å². The minimum Gasteiger partial charge on any atom is -0.481 e. The normalized spacial score (nSPS) is 14.2. The summed E-state index contributed by atoms with van der Waals surface area (Å²) in [5.41, 5.74) is 1.75. The number of nitrogens with one attached hydrogen (secondary N) is 1. The van der Waals surface area contributed by atoms with Crippen molar-refractivity contribution in [2.45, 2.75) is 32.1 Å². The van der Waals surface area contributed by atoms with Crippen molar-refractivity contribution in [3.8, 4) is 0 Å². The molecule has 0 heterocycles. The highest BCUT2D eigenvalue weighted by Crippen LogP contribution is 2.32. The Hall–Kier alpha value is -1.84. The summed E-state index contributed by atoms with van der Waals surface area (Å²) in [6.45, 7) is 0. The first-order valence-electron chi connectivity index (χ1n) is 6.24. The number of benzene rings is 1. The number of carboxylic acids is 1. The summed E-state index contributed by atoms with van der Waals surface area (Å²) >= 11 is 0. The summed E-state index contributed by atoms with van der Waals surface area (Å²) in [4.78, 5) is 22.0. The molecule has 0 saturated heterocycles. The molecule has 1 fully saturated rings. The molecule has 4 nitrogen and oxygen atoms in total. The average Bonchev–Trinajstić information content (AvgIpc) is 3.12. The molecule has 1 aromatic carbocycles. The smallest absolute Gasteiger partial charge is 0.303 e. The van der Waals surface area contributed by atoms with E-state index in [9.17, 15) is 9.59 Å². The Morgan fingerprint density at radius 3 is 2.44 bits per heavy atom. The molecule has 1 aromatic rings. The van der Waals surface area contributed by atoms with Crippen LogP contribution in [0.3, 0.4) is 0 Å². The van der Waals surface area contributed by atoms with Gasteiger partial charge in [0.25, 0.3) is 0 Å². The molecule has 2 rings (SSSR count). The monoisotopic (exact) mass is 247 g/mol. The molecule has 1 saturated carbocycles. The van der Waals surface area contributed by atoms with E-state index in [1.807, 2.05) is 24.3 Å². The number of carboxylic acid groups (broad SMARTS) is 1. The molecule has 96 valence electrons. The van der Waals surface area contributed by atoms with E-state index >= 15 is 0 Å². The van der Waals surface area contributed by atoms with Crippen molar-refractivity contribution in [1.29, 1.82) is 0 Å². The van der Waals surface area contributed by atoms with E-state index in [2.05, 4.69) is 5.32 Å². The van der Waals surface area contributed by atoms with Gasteiger partial charge in [0.15, 0.2) is 0 Å². The minimum absolute atomic E-state index is 0.0655. The second-order valence-corrected chi connectivity index (χ2v) is 4.79. The molecule has 0 radical (unpaired) electrons. The van der Waals surface area contributed by atoms with Gasteiger partial charge in [-0.1, -0.05) is 12.1 Å². The van der Waals surface area contributed by atoms with Crippen LogP contribution in [0.2, 0.25) is 0 Å². The Kier molecular flexibility index (Phi) is 3.97. The molecule has 1 aliphatic rings. The van der Waals surface area contributed by atoms with Crippen LogP contribution in [0.4, 0.5) is 5.69 Å². The summed E-state index contributed by atoms with van der Waals surface area (Å²) < 4.78 is 0. The van der Waals surface area contributed by atoms with Crippen LogP contribution in [0.5, 0.6) is 0 Å². The van der Waals surface area contributed by atoms with E-state index in [0.29, 0.717) is 18.8 Å². The Morgan fingerprint density at radius 2 is 1.89 bits per heavy atom. The fourth-order valence-electron chi connectivity index (χ4n) is 1.80. The molecule has 4 heteroatoms. The van der Waals surface area contributed by atoms with Gasteiger partial charge in [-0.25, -0.2) is 0 Å². The highest BCUT2D eigenvalue weighted by Gasteiger charge is 2.24. The lowest BCUT2D eigenvalue weighted by atomic mass is 10.1. The van der Waals surface area contributed by atoms with Crippen LogP contribution in [0.25, 0.3) is 0 Å². The SMILES string of the molecule is O=C(O)CCc1ccc(NC(=O)CC2CC2)cc1. The van der Waals surface area contributed by atoms with Crippen molar-refractivity contribution in [3.05, 3.63) is 29.8 Å². The molecule has 0 atom stereocenters. The van der Waals surface area contributed by atoms with Crippen LogP contribution in [-0.2, 0) is 16.0 Å². The molecule has 0 aliphatic heterocycles. The van der Waals surface area contributed by atoms with E-state index in [1.54, 1.807) is 0 Å². The fourth-order valence-corrected chi connectivity index (χ4v) is 1.80.